The molecule has 0 bridgehead atoms. The molecule has 16 rings (SSSR count). The number of anilines is 8. The number of hydrogen-bond acceptors (Lipinski definition) is 38. The predicted molar refractivity (Wildman–Crippen MR) is 465 cm³/mol. The standard InChI is InChI=1S/C22H24FN7O3.C21H23N7O3.C20H22FN7O3S.C19H21N7O3S/c1-13-12-32-9-8-30(13)21-26-19(15-5-7-18(24)25-11-15)27-22(28-21)33-17-6-4-14(10-16(17)23)20(31)29(2)3;1-27(2)19(29)14-3-6-16(7-4-14)31-21-25-18(15-5-8-17(22)23-13-15)24-20(26-21)28-9-11-30-12-10-28;1-11-10-30-7-6-28(11)19-24-16(15-9-23-18(22)32-15)25-20(26-19)31-14-5-4-12(8-13(14)21)17(29)27(2)3;1-25(2)16(27)12-3-5-13(6-4-12)29-19-23-15(14-11-21-17(20)30-14)22-18(24-19)26-7-9-28-10-8-26/h4-7,10-11,13H,8-9,12H2,1-3H3,(H2,24,25);3-8,13H,9-12H2,1-2H3,(H2,22,23);4-5,8-9,11H,6-7,10H2,1-3H3,(H2,22,23);3-6,11H,7-10H2,1-2H3,(H2,20,21)/t13-;;11-;/m0.0./s1. The summed E-state index contributed by atoms with van der Waals surface area (Å²) >= 11 is 2.51. The third-order valence-electron chi connectivity index (χ3n) is 18.8. The Morgan fingerprint density at radius 1 is 0.373 bits per heavy atom. The Kier molecular flexibility index (Phi) is 29.3. The zero-order valence-corrected chi connectivity index (χ0v) is 71.9. The molecule has 40 nitrogen and oxygen atoms in total. The minimum absolute atomic E-state index is 0.0273. The first kappa shape index (κ1) is 89.4. The molecule has 4 aliphatic heterocycles. The summed E-state index contributed by atoms with van der Waals surface area (Å²) in [6.45, 7) is 12.4. The van der Waals surface area contributed by atoms with E-state index < -0.39 is 11.6 Å². The van der Waals surface area contributed by atoms with Crippen LogP contribution in [-0.4, -0.2) is 284 Å². The number of nitrogens with two attached hydrogens (primary N) is 4. The van der Waals surface area contributed by atoms with Gasteiger partial charge in [-0.2, -0.15) is 59.8 Å². The van der Waals surface area contributed by atoms with E-state index in [0.717, 1.165) is 17.0 Å². The van der Waals surface area contributed by atoms with Gasteiger partial charge in [0.15, 0.2) is 56.7 Å². The van der Waals surface area contributed by atoms with Crippen LogP contribution in [0.4, 0.5) is 54.5 Å². The molecule has 2 atom stereocenters. The molecule has 0 spiro atoms. The molecule has 4 fully saturated rings. The summed E-state index contributed by atoms with van der Waals surface area (Å²) in [4.78, 5) is 133. The first-order chi connectivity index (χ1) is 60.6. The van der Waals surface area contributed by atoms with Crippen LogP contribution >= 0.6 is 22.7 Å². The van der Waals surface area contributed by atoms with Gasteiger partial charge in [-0.15, -0.1) is 0 Å². The lowest BCUT2D eigenvalue weighted by Gasteiger charge is -2.33. The minimum Gasteiger partial charge on any atom is -0.424 e. The number of carbonyl (C=O) groups excluding carboxylic acids is 4. The molecule has 0 unspecified atom stereocenters. The van der Waals surface area contributed by atoms with Crippen molar-refractivity contribution in [2.24, 2.45) is 0 Å². The highest BCUT2D eigenvalue weighted by atomic mass is 32.1. The molecule has 12 heterocycles. The summed E-state index contributed by atoms with van der Waals surface area (Å²) in [5.74, 6) is 2.62. The summed E-state index contributed by atoms with van der Waals surface area (Å²) in [5, 5.41) is 0.804. The number of carbonyl (C=O) groups is 4. The van der Waals surface area contributed by atoms with Gasteiger partial charge in [0, 0.05) is 141 Å². The van der Waals surface area contributed by atoms with Gasteiger partial charge in [0.05, 0.1) is 87.1 Å². The molecule has 8 aromatic heterocycles. The second kappa shape index (κ2) is 41.2. The van der Waals surface area contributed by atoms with Crippen LogP contribution in [0.5, 0.6) is 47.0 Å². The van der Waals surface area contributed by atoms with E-state index in [0.29, 0.717) is 200 Å². The Morgan fingerprint density at radius 3 is 1.04 bits per heavy atom. The van der Waals surface area contributed by atoms with Gasteiger partial charge in [-0.05, 0) is 123 Å². The average molecular weight is 1760 g/mol. The number of hydrogen-bond donors (Lipinski definition) is 4. The van der Waals surface area contributed by atoms with E-state index in [2.05, 4.69) is 79.7 Å². The van der Waals surface area contributed by atoms with Crippen LogP contribution in [0.1, 0.15) is 55.3 Å². The maximum atomic E-state index is 14.7. The van der Waals surface area contributed by atoms with Gasteiger partial charge in [-0.1, -0.05) is 22.7 Å². The third-order valence-corrected chi connectivity index (χ3v) is 20.5. The number of aromatic nitrogens is 16. The summed E-state index contributed by atoms with van der Waals surface area (Å²) in [6, 6.07) is 28.6. The van der Waals surface area contributed by atoms with Gasteiger partial charge in [-0.3, -0.25) is 19.2 Å². The number of nitrogens with zero attached hydrogens (tertiary/aromatic N) is 24. The number of pyridine rings is 2. The van der Waals surface area contributed by atoms with Crippen molar-refractivity contribution in [3.63, 3.8) is 0 Å². The summed E-state index contributed by atoms with van der Waals surface area (Å²) in [5.41, 5.74) is 25.8. The monoisotopic (exact) mass is 1760 g/mol. The summed E-state index contributed by atoms with van der Waals surface area (Å²) in [6.07, 6.45) is 6.35. The van der Waals surface area contributed by atoms with E-state index in [4.69, 9.17) is 60.8 Å². The number of amides is 4. The quantitative estimate of drug-likeness (QED) is 0.0554. The first-order valence-electron chi connectivity index (χ1n) is 39.2. The van der Waals surface area contributed by atoms with Gasteiger partial charge in [0.25, 0.3) is 23.6 Å². The van der Waals surface area contributed by atoms with Crippen molar-refractivity contribution in [1.82, 2.24) is 99.3 Å². The molecule has 0 aliphatic carbocycles. The highest BCUT2D eigenvalue weighted by Gasteiger charge is 2.29. The predicted octanol–water partition coefficient (Wildman–Crippen LogP) is 8.56. The Morgan fingerprint density at radius 2 is 0.698 bits per heavy atom. The zero-order chi connectivity index (χ0) is 89.2. The van der Waals surface area contributed by atoms with E-state index in [1.165, 1.54) is 66.5 Å². The number of nitrogen functional groups attached to an aromatic ring is 4. The Labute approximate surface area is 729 Å². The summed E-state index contributed by atoms with van der Waals surface area (Å²) in [7, 11) is 13.2. The molecule has 656 valence electrons. The number of ether oxygens (including phenoxy) is 8. The average Bonchev–Trinajstić information content (AvgIpc) is 1.01. The van der Waals surface area contributed by atoms with Crippen molar-refractivity contribution < 1.29 is 65.9 Å². The van der Waals surface area contributed by atoms with Crippen molar-refractivity contribution in [2.75, 3.05) is 191 Å². The van der Waals surface area contributed by atoms with Crippen LogP contribution in [-0.2, 0) is 18.9 Å². The topological polar surface area (TPSA) is 478 Å². The van der Waals surface area contributed by atoms with Crippen molar-refractivity contribution >= 4 is 92.0 Å². The molecule has 12 aromatic rings. The lowest BCUT2D eigenvalue weighted by atomic mass is 10.2. The van der Waals surface area contributed by atoms with Crippen molar-refractivity contribution in [3.8, 4) is 91.2 Å². The van der Waals surface area contributed by atoms with Gasteiger partial charge in [-0.25, -0.2) is 28.7 Å². The fourth-order valence-electron chi connectivity index (χ4n) is 12.2. The van der Waals surface area contributed by atoms with Crippen LogP contribution in [0.25, 0.3) is 44.2 Å². The highest BCUT2D eigenvalue weighted by Crippen LogP contribution is 2.35. The normalized spacial score (nSPS) is 14.9. The molecule has 0 radical (unpaired) electrons. The molecule has 4 aromatic carbocycles. The Balaban J connectivity index is 0.000000144. The molecular weight excluding hydrogens is 1670 g/mol. The zero-order valence-electron chi connectivity index (χ0n) is 70.3. The van der Waals surface area contributed by atoms with E-state index in [9.17, 15) is 28.0 Å². The molecule has 8 N–H and O–H groups in total. The van der Waals surface area contributed by atoms with Crippen molar-refractivity contribution in [2.45, 2.75) is 25.9 Å². The lowest BCUT2D eigenvalue weighted by molar-refractivity contribution is 0.0820. The van der Waals surface area contributed by atoms with E-state index >= 15 is 0 Å². The van der Waals surface area contributed by atoms with Crippen molar-refractivity contribution in [1.29, 1.82) is 0 Å². The van der Waals surface area contributed by atoms with Crippen LogP contribution in [0.15, 0.2) is 134 Å². The van der Waals surface area contributed by atoms with Crippen LogP contribution < -0.4 is 61.5 Å². The molecular formula is C82H90F2N28O12S2. The molecule has 4 amide bonds. The number of thiazole rings is 2. The molecule has 4 saturated heterocycles. The van der Waals surface area contributed by atoms with Crippen LogP contribution in [0.2, 0.25) is 0 Å². The Hall–Kier alpha value is -14.3. The fourth-order valence-corrected chi connectivity index (χ4v) is 13.5. The molecule has 44 heteroatoms. The highest BCUT2D eigenvalue weighted by molar-refractivity contribution is 7.19. The van der Waals surface area contributed by atoms with Gasteiger partial charge >= 0.3 is 24.0 Å². The van der Waals surface area contributed by atoms with Crippen LogP contribution in [0, 0.1) is 11.6 Å². The van der Waals surface area contributed by atoms with E-state index in [1.54, 1.807) is 154 Å². The largest absolute Gasteiger partial charge is 0.424 e. The smallest absolute Gasteiger partial charge is 0.327 e. The third kappa shape index (κ3) is 23.3. The van der Waals surface area contributed by atoms with Crippen LogP contribution in [0.3, 0.4) is 0 Å². The van der Waals surface area contributed by atoms with E-state index in [1.807, 2.05) is 33.4 Å². The second-order valence-electron chi connectivity index (χ2n) is 29.0. The molecule has 126 heavy (non-hydrogen) atoms. The van der Waals surface area contributed by atoms with Gasteiger partial charge in [0.2, 0.25) is 23.8 Å². The molecule has 0 saturated carbocycles. The summed E-state index contributed by atoms with van der Waals surface area (Å²) < 4.78 is 74.4. The second-order valence-corrected chi connectivity index (χ2v) is 31.1. The lowest BCUT2D eigenvalue weighted by Crippen LogP contribution is -2.44. The van der Waals surface area contributed by atoms with Gasteiger partial charge in [0.1, 0.15) is 23.1 Å². The number of morpholine rings is 4. The fraction of sp³-hybridized carbons (Fsp3) is 0.317. The maximum Gasteiger partial charge on any atom is 0.327 e. The SMILES string of the molecule is CN(C)C(=O)c1ccc(Oc2nc(-c3ccc(N)nc3)nc(N3CCOCC3)n2)cc1.CN(C)C(=O)c1ccc(Oc2nc(-c3cnc(N)s3)nc(N3CCOCC3)n2)cc1.C[C@H]1COCCN1c1nc(Oc2ccc(C(=O)N(C)C)cc2F)nc(-c2ccc(N)nc2)n1.C[C@H]1COCCN1c1nc(Oc2ccc(C(=O)N(C)C)cc2F)nc(-c2cnc(N)s2)n1. The minimum atomic E-state index is -0.708. The maximum absolute atomic E-state index is 14.7. The van der Waals surface area contributed by atoms with E-state index in [-0.39, 0.29) is 82.4 Å². The van der Waals surface area contributed by atoms with Gasteiger partial charge < -0.3 is 100 Å². The number of benzene rings is 4. The first-order valence-corrected chi connectivity index (χ1v) is 40.9. The Bertz CT molecular complexity index is 5780. The number of halogens is 2. The van der Waals surface area contributed by atoms with Crippen molar-refractivity contribution in [3.05, 3.63) is 168 Å². The molecule has 4 aliphatic rings. The number of rotatable bonds is 20.